The summed E-state index contributed by atoms with van der Waals surface area (Å²) in [7, 11) is 0. The smallest absolute Gasteiger partial charge is 0.258 e. The third-order valence-electron chi connectivity index (χ3n) is 2.77. The van der Waals surface area contributed by atoms with Crippen molar-refractivity contribution in [2.24, 2.45) is 4.99 Å². The molecule has 0 bridgehead atoms. The summed E-state index contributed by atoms with van der Waals surface area (Å²) in [6, 6.07) is 19.9. The number of thioether (sulfide) groups is 1. The van der Waals surface area contributed by atoms with Crippen LogP contribution in [-0.4, -0.2) is 16.8 Å². The van der Waals surface area contributed by atoms with Gasteiger partial charge in [-0.1, -0.05) is 48.2 Å². The lowest BCUT2D eigenvalue weighted by atomic mass is 10.2. The fourth-order valence-electron chi connectivity index (χ4n) is 1.94. The van der Waals surface area contributed by atoms with E-state index in [-0.39, 0.29) is 5.91 Å². The van der Waals surface area contributed by atoms with Gasteiger partial charge in [-0.25, -0.2) is 0 Å². The number of amidine groups is 1. The van der Waals surface area contributed by atoms with Crippen LogP contribution < -0.4 is 4.90 Å². The third-order valence-corrected chi connectivity index (χ3v) is 3.69. The fraction of sp³-hybridized carbons (Fsp3) is 0.0667. The molecule has 0 N–H and O–H groups in total. The number of carbonyl (C=O) groups excluding carboxylic acids is 1. The van der Waals surface area contributed by atoms with E-state index in [1.165, 1.54) is 11.8 Å². The molecule has 0 fully saturated rings. The quantitative estimate of drug-likeness (QED) is 0.836. The molecule has 0 spiro atoms. The Labute approximate surface area is 116 Å². The van der Waals surface area contributed by atoms with Crippen LogP contribution in [-0.2, 0) is 4.79 Å². The molecule has 1 amide bonds. The Morgan fingerprint density at radius 1 is 0.895 bits per heavy atom. The molecule has 19 heavy (non-hydrogen) atoms. The third kappa shape index (κ3) is 2.53. The molecule has 0 saturated heterocycles. The van der Waals surface area contributed by atoms with Crippen molar-refractivity contribution >= 4 is 34.2 Å². The molecule has 0 aliphatic carbocycles. The lowest BCUT2D eigenvalue weighted by Gasteiger charge is -2.23. The van der Waals surface area contributed by atoms with E-state index < -0.39 is 0 Å². The van der Waals surface area contributed by atoms with Gasteiger partial charge in [-0.2, -0.15) is 4.99 Å². The molecule has 1 aliphatic rings. The first kappa shape index (κ1) is 12.0. The number of aliphatic imine (C=N–C) groups is 1. The summed E-state index contributed by atoms with van der Waals surface area (Å²) in [5.41, 5.74) is 2.02. The Morgan fingerprint density at radius 3 is 1.84 bits per heavy atom. The van der Waals surface area contributed by atoms with Crippen LogP contribution >= 0.6 is 11.8 Å². The minimum atomic E-state index is -0.0723. The lowest BCUT2D eigenvalue weighted by Crippen LogP contribution is -2.21. The van der Waals surface area contributed by atoms with Crippen LogP contribution in [0.5, 0.6) is 0 Å². The summed E-state index contributed by atoms with van der Waals surface area (Å²) < 4.78 is 0. The highest BCUT2D eigenvalue weighted by molar-refractivity contribution is 8.15. The Hall–Kier alpha value is -2.07. The monoisotopic (exact) mass is 268 g/mol. The molecule has 3 nitrogen and oxygen atoms in total. The summed E-state index contributed by atoms with van der Waals surface area (Å²) in [6.45, 7) is 0. The number of carbonyl (C=O) groups is 1. The van der Waals surface area contributed by atoms with Gasteiger partial charge in [-0.15, -0.1) is 0 Å². The molecule has 3 rings (SSSR count). The van der Waals surface area contributed by atoms with Crippen molar-refractivity contribution in [1.82, 2.24) is 0 Å². The van der Waals surface area contributed by atoms with Gasteiger partial charge in [0.15, 0.2) is 5.17 Å². The molecule has 94 valence electrons. The number of rotatable bonds is 2. The second kappa shape index (κ2) is 5.28. The molecule has 0 saturated carbocycles. The first-order chi connectivity index (χ1) is 9.34. The summed E-state index contributed by atoms with van der Waals surface area (Å²) in [5.74, 6) is 0.350. The highest BCUT2D eigenvalue weighted by atomic mass is 32.2. The van der Waals surface area contributed by atoms with Gasteiger partial charge in [-0.05, 0) is 24.3 Å². The predicted molar refractivity (Wildman–Crippen MR) is 79.9 cm³/mol. The normalized spacial score (nSPS) is 14.3. The molecule has 2 aromatic carbocycles. The van der Waals surface area contributed by atoms with Crippen LogP contribution in [0.3, 0.4) is 0 Å². The molecule has 0 unspecified atom stereocenters. The summed E-state index contributed by atoms with van der Waals surface area (Å²) >= 11 is 1.47. The van der Waals surface area contributed by atoms with Crippen molar-refractivity contribution in [1.29, 1.82) is 0 Å². The zero-order chi connectivity index (χ0) is 13.1. The van der Waals surface area contributed by atoms with Crippen molar-refractivity contribution in [3.05, 3.63) is 60.7 Å². The van der Waals surface area contributed by atoms with Crippen LogP contribution in [0.15, 0.2) is 65.7 Å². The second-order valence-electron chi connectivity index (χ2n) is 4.08. The van der Waals surface area contributed by atoms with E-state index >= 15 is 0 Å². The Balaban J connectivity index is 2.07. The highest BCUT2D eigenvalue weighted by Gasteiger charge is 2.23. The average molecular weight is 268 g/mol. The summed E-state index contributed by atoms with van der Waals surface area (Å²) in [6.07, 6.45) is 0. The summed E-state index contributed by atoms with van der Waals surface area (Å²) in [4.78, 5) is 17.5. The van der Waals surface area contributed by atoms with Crippen LogP contribution in [0, 0.1) is 0 Å². The minimum Gasteiger partial charge on any atom is -0.289 e. The van der Waals surface area contributed by atoms with Gasteiger partial charge in [0.25, 0.3) is 5.91 Å². The molecule has 1 heterocycles. The van der Waals surface area contributed by atoms with Crippen LogP contribution in [0.25, 0.3) is 0 Å². The number of para-hydroxylation sites is 2. The van der Waals surface area contributed by atoms with Crippen molar-refractivity contribution in [3.8, 4) is 0 Å². The minimum absolute atomic E-state index is 0.0723. The van der Waals surface area contributed by atoms with E-state index in [4.69, 9.17) is 0 Å². The van der Waals surface area contributed by atoms with Crippen molar-refractivity contribution < 1.29 is 4.79 Å². The lowest BCUT2D eigenvalue weighted by molar-refractivity contribution is -0.115. The number of benzene rings is 2. The van der Waals surface area contributed by atoms with Crippen molar-refractivity contribution in [2.75, 3.05) is 10.7 Å². The number of nitrogens with zero attached hydrogens (tertiary/aromatic N) is 2. The van der Waals surface area contributed by atoms with Gasteiger partial charge in [-0.3, -0.25) is 9.69 Å². The maximum atomic E-state index is 11.4. The van der Waals surface area contributed by atoms with Gasteiger partial charge >= 0.3 is 0 Å². The van der Waals surface area contributed by atoms with Crippen LogP contribution in [0.1, 0.15) is 0 Å². The molecule has 0 radical (unpaired) electrons. The Kier molecular flexibility index (Phi) is 3.33. The fourth-order valence-corrected chi connectivity index (χ4v) is 2.76. The van der Waals surface area contributed by atoms with Gasteiger partial charge in [0.2, 0.25) is 0 Å². The van der Waals surface area contributed by atoms with Gasteiger partial charge < -0.3 is 0 Å². The van der Waals surface area contributed by atoms with E-state index in [0.29, 0.717) is 5.75 Å². The van der Waals surface area contributed by atoms with Crippen molar-refractivity contribution in [3.63, 3.8) is 0 Å². The molecule has 2 aromatic rings. The molecule has 0 aromatic heterocycles. The maximum Gasteiger partial charge on any atom is 0.258 e. The zero-order valence-electron chi connectivity index (χ0n) is 10.2. The molecule has 1 aliphatic heterocycles. The molecule has 4 heteroatoms. The first-order valence-corrected chi connectivity index (χ1v) is 6.98. The van der Waals surface area contributed by atoms with E-state index in [2.05, 4.69) is 4.99 Å². The van der Waals surface area contributed by atoms with Crippen molar-refractivity contribution in [2.45, 2.75) is 0 Å². The molecular weight excluding hydrogens is 256 g/mol. The number of anilines is 2. The topological polar surface area (TPSA) is 32.7 Å². The largest absolute Gasteiger partial charge is 0.289 e. The van der Waals surface area contributed by atoms with E-state index in [1.54, 1.807) is 0 Å². The predicted octanol–water partition coefficient (Wildman–Crippen LogP) is 3.45. The maximum absolute atomic E-state index is 11.4. The van der Waals surface area contributed by atoms with E-state index in [1.807, 2.05) is 65.6 Å². The standard InChI is InChI=1S/C15H12N2OS/c18-14-11-19-15(16-14)17(12-7-3-1-4-8-12)13-9-5-2-6-10-13/h1-10H,11H2. The van der Waals surface area contributed by atoms with E-state index in [0.717, 1.165) is 16.5 Å². The number of hydrogen-bond donors (Lipinski definition) is 0. The Morgan fingerprint density at radius 2 is 1.42 bits per heavy atom. The second-order valence-corrected chi connectivity index (χ2v) is 5.03. The Bertz CT molecular complexity index is 571. The molecule has 0 atom stereocenters. The highest BCUT2D eigenvalue weighted by Crippen LogP contribution is 2.30. The van der Waals surface area contributed by atoms with Crippen LogP contribution in [0.4, 0.5) is 11.4 Å². The van der Waals surface area contributed by atoms with E-state index in [9.17, 15) is 4.79 Å². The van der Waals surface area contributed by atoms with Gasteiger partial charge in [0.1, 0.15) is 0 Å². The number of hydrogen-bond acceptors (Lipinski definition) is 3. The SMILES string of the molecule is O=C1CSC(N(c2ccccc2)c2ccccc2)=N1. The van der Waals surface area contributed by atoms with Gasteiger partial charge in [0.05, 0.1) is 5.75 Å². The number of amides is 1. The first-order valence-electron chi connectivity index (χ1n) is 5.99. The van der Waals surface area contributed by atoms with Crippen LogP contribution in [0.2, 0.25) is 0 Å². The molecular formula is C15H12N2OS. The van der Waals surface area contributed by atoms with Gasteiger partial charge in [0, 0.05) is 11.4 Å². The summed E-state index contributed by atoms with van der Waals surface area (Å²) in [5, 5.41) is 0.738. The zero-order valence-corrected chi connectivity index (χ0v) is 11.0. The average Bonchev–Trinajstić information content (AvgIpc) is 2.88.